The largest absolute Gasteiger partial charge is 0.522 e. The van der Waals surface area contributed by atoms with Gasteiger partial charge < -0.3 is 25.2 Å². The molecule has 222 valence electrons. The molecule has 15 heteroatoms. The molecule has 1 aliphatic heterocycles. The Morgan fingerprint density at radius 1 is 0.975 bits per heavy atom. The van der Waals surface area contributed by atoms with Crippen molar-refractivity contribution in [1.82, 2.24) is 10.6 Å². The summed E-state index contributed by atoms with van der Waals surface area (Å²) in [5, 5.41) is 15.7. The van der Waals surface area contributed by atoms with E-state index in [9.17, 15) is 41.0 Å². The number of carbonyl (C=O) groups excluding carboxylic acids is 2. The summed E-state index contributed by atoms with van der Waals surface area (Å²) >= 11 is 0. The van der Waals surface area contributed by atoms with Crippen LogP contribution < -0.4 is 15.4 Å². The number of rotatable bonds is 7. The Bertz CT molecular complexity index is 1140. The molecule has 2 unspecified atom stereocenters. The number of aliphatic hydroxyl groups is 1. The summed E-state index contributed by atoms with van der Waals surface area (Å²) in [5.74, 6) is -4.99. The molecule has 1 aromatic carbocycles. The Morgan fingerprint density at radius 3 is 2.23 bits per heavy atom. The van der Waals surface area contributed by atoms with Gasteiger partial charge in [-0.15, -0.1) is 13.2 Å². The lowest BCUT2D eigenvalue weighted by atomic mass is 9.90. The zero-order valence-electron chi connectivity index (χ0n) is 20.9. The van der Waals surface area contributed by atoms with Crippen molar-refractivity contribution in [1.29, 1.82) is 0 Å². The molecular weight excluding hydrogens is 557 g/mol. The average Bonchev–Trinajstić information content (AvgIpc) is 3.38. The first-order chi connectivity index (χ1) is 18.6. The Morgan fingerprint density at radius 2 is 1.62 bits per heavy atom. The van der Waals surface area contributed by atoms with Crippen molar-refractivity contribution >= 4 is 11.8 Å². The van der Waals surface area contributed by atoms with Crippen LogP contribution in [0, 0.1) is 11.8 Å². The molecule has 2 amide bonds. The molecule has 4 aliphatic rings. The first-order valence-electron chi connectivity index (χ1n) is 12.8. The van der Waals surface area contributed by atoms with E-state index < -0.39 is 66.5 Å². The van der Waals surface area contributed by atoms with Crippen LogP contribution in [0.15, 0.2) is 18.2 Å². The van der Waals surface area contributed by atoms with Crippen LogP contribution in [0.3, 0.4) is 0 Å². The fourth-order valence-electron chi connectivity index (χ4n) is 6.08. The van der Waals surface area contributed by atoms with Gasteiger partial charge in [-0.05, 0) is 49.3 Å². The predicted octanol–water partition coefficient (Wildman–Crippen LogP) is 3.67. The molecule has 3 fully saturated rings. The number of fused-ring (bicyclic) bond motifs is 3. The van der Waals surface area contributed by atoms with Crippen molar-refractivity contribution in [3.63, 3.8) is 0 Å². The van der Waals surface area contributed by atoms with Gasteiger partial charge in [0, 0.05) is 30.5 Å². The fourth-order valence-corrected chi connectivity index (χ4v) is 6.08. The Balaban J connectivity index is 1.07. The van der Waals surface area contributed by atoms with E-state index in [-0.39, 0.29) is 48.6 Å². The highest BCUT2D eigenvalue weighted by Crippen LogP contribution is 2.46. The van der Waals surface area contributed by atoms with E-state index in [1.165, 1.54) is 0 Å². The van der Waals surface area contributed by atoms with Crippen molar-refractivity contribution < 1.29 is 59.6 Å². The molecule has 3 aliphatic carbocycles. The summed E-state index contributed by atoms with van der Waals surface area (Å²) in [6.07, 6.45) is -11.7. The standard InChI is InChI=1S/C25H27F7N2O6/c26-23(9-19(35)16-6-13(24(27,28)29)1-2-20(16)40-23)22(37)34-18-5-11-3-12(18)4-17(11)33-21(36)10-38-14-7-15(8-14)39-25(30,31)32/h1-2,6,11-12,14-15,17-19,35H,3-5,7-10H2,(H,33,36)(H,34,37)/t11-,12-,14?,15?,17+,18+,19?,23?/m1/s1. The van der Waals surface area contributed by atoms with E-state index in [0.717, 1.165) is 6.07 Å². The monoisotopic (exact) mass is 584 g/mol. The number of ether oxygens (including phenoxy) is 3. The predicted molar refractivity (Wildman–Crippen MR) is 120 cm³/mol. The normalized spacial score (nSPS) is 35.0. The van der Waals surface area contributed by atoms with Gasteiger partial charge in [0.25, 0.3) is 5.91 Å². The number of carbonyl (C=O) groups is 2. The molecule has 1 heterocycles. The second-order valence-electron chi connectivity index (χ2n) is 10.9. The van der Waals surface area contributed by atoms with Crippen molar-refractivity contribution in [2.75, 3.05) is 6.61 Å². The third kappa shape index (κ3) is 6.15. The molecule has 1 aromatic rings. The maximum absolute atomic E-state index is 15.5. The minimum atomic E-state index is -4.71. The Hall–Kier alpha value is -2.65. The van der Waals surface area contributed by atoms with Crippen molar-refractivity contribution in [2.24, 2.45) is 11.8 Å². The fraction of sp³-hybridized carbons (Fsp3) is 0.680. The smallest absolute Gasteiger partial charge is 0.449 e. The van der Waals surface area contributed by atoms with E-state index in [1.807, 2.05) is 0 Å². The van der Waals surface area contributed by atoms with E-state index in [0.29, 0.717) is 31.4 Å². The maximum atomic E-state index is 15.5. The maximum Gasteiger partial charge on any atom is 0.522 e. The lowest BCUT2D eigenvalue weighted by Crippen LogP contribution is -2.55. The number of hydrogen-bond donors (Lipinski definition) is 3. The summed E-state index contributed by atoms with van der Waals surface area (Å²) in [4.78, 5) is 25.1. The van der Waals surface area contributed by atoms with Gasteiger partial charge in [-0.2, -0.15) is 17.6 Å². The van der Waals surface area contributed by atoms with Crippen molar-refractivity contribution in [3.8, 4) is 5.75 Å². The lowest BCUT2D eigenvalue weighted by molar-refractivity contribution is -0.357. The molecule has 0 aromatic heterocycles. The second kappa shape index (κ2) is 10.3. The van der Waals surface area contributed by atoms with Crippen molar-refractivity contribution in [2.45, 2.75) is 87.3 Å². The summed E-state index contributed by atoms with van der Waals surface area (Å²) < 4.78 is 105. The summed E-state index contributed by atoms with van der Waals surface area (Å²) in [7, 11) is 0. The minimum absolute atomic E-state index is 0.0116. The third-order valence-electron chi connectivity index (χ3n) is 8.08. The molecule has 6 atom stereocenters. The quantitative estimate of drug-likeness (QED) is 0.423. The number of halogens is 7. The van der Waals surface area contributed by atoms with E-state index in [2.05, 4.69) is 15.4 Å². The molecule has 40 heavy (non-hydrogen) atoms. The number of nitrogens with one attached hydrogen (secondary N) is 2. The number of alkyl halides is 7. The van der Waals surface area contributed by atoms with Crippen LogP contribution in [0.25, 0.3) is 0 Å². The molecule has 0 saturated heterocycles. The Kier molecular flexibility index (Phi) is 7.45. The molecule has 8 nitrogen and oxygen atoms in total. The minimum Gasteiger partial charge on any atom is -0.449 e. The highest BCUT2D eigenvalue weighted by molar-refractivity contribution is 5.85. The van der Waals surface area contributed by atoms with Gasteiger partial charge >= 0.3 is 18.4 Å². The number of benzene rings is 1. The number of aliphatic hydroxyl groups excluding tert-OH is 1. The zero-order chi connectivity index (χ0) is 29.0. The first kappa shape index (κ1) is 28.9. The highest BCUT2D eigenvalue weighted by atomic mass is 19.4. The molecule has 3 saturated carbocycles. The zero-order valence-corrected chi connectivity index (χ0v) is 20.9. The molecule has 5 rings (SSSR count). The lowest BCUT2D eigenvalue weighted by Gasteiger charge is -2.36. The number of amides is 2. The van der Waals surface area contributed by atoms with Crippen LogP contribution in [-0.4, -0.2) is 60.0 Å². The molecule has 3 N–H and O–H groups in total. The topological polar surface area (TPSA) is 106 Å². The highest BCUT2D eigenvalue weighted by Gasteiger charge is 2.52. The van der Waals surface area contributed by atoms with Crippen LogP contribution in [0.1, 0.15) is 55.8 Å². The molecule has 2 bridgehead atoms. The molecular formula is C25H27F7N2O6. The Labute approximate surface area is 223 Å². The second-order valence-corrected chi connectivity index (χ2v) is 10.9. The van der Waals surface area contributed by atoms with Gasteiger partial charge in [0.15, 0.2) is 0 Å². The van der Waals surface area contributed by atoms with Crippen LogP contribution in [-0.2, 0) is 25.2 Å². The van der Waals surface area contributed by atoms with Gasteiger partial charge in [0.05, 0.1) is 30.3 Å². The van der Waals surface area contributed by atoms with Gasteiger partial charge in [0.1, 0.15) is 12.4 Å². The average molecular weight is 584 g/mol. The summed E-state index contributed by atoms with van der Waals surface area (Å²) in [6.45, 7) is -0.312. The van der Waals surface area contributed by atoms with E-state index >= 15 is 4.39 Å². The van der Waals surface area contributed by atoms with Crippen LogP contribution >= 0.6 is 0 Å². The van der Waals surface area contributed by atoms with Gasteiger partial charge in [-0.25, -0.2) is 0 Å². The van der Waals surface area contributed by atoms with Gasteiger partial charge in [-0.1, -0.05) is 0 Å². The summed E-state index contributed by atoms with van der Waals surface area (Å²) in [5.41, 5.74) is -1.29. The van der Waals surface area contributed by atoms with E-state index in [4.69, 9.17) is 9.47 Å². The SMILES string of the molecule is O=C(COC1CC(OC(F)(F)F)C1)N[C@H]1C[C@H]2C[C@@H]1C[C@@H]2NC(=O)C1(F)CC(O)c2cc(C(F)(F)F)ccc2O1. The van der Waals surface area contributed by atoms with Gasteiger partial charge in [0.2, 0.25) is 5.91 Å². The summed E-state index contributed by atoms with van der Waals surface area (Å²) in [6, 6.07) is 1.58. The van der Waals surface area contributed by atoms with Crippen LogP contribution in [0.4, 0.5) is 30.7 Å². The molecule has 0 spiro atoms. The third-order valence-corrected chi connectivity index (χ3v) is 8.08. The molecule has 0 radical (unpaired) electrons. The van der Waals surface area contributed by atoms with Crippen molar-refractivity contribution in [3.05, 3.63) is 29.3 Å². The van der Waals surface area contributed by atoms with E-state index in [1.54, 1.807) is 0 Å². The van der Waals surface area contributed by atoms with Gasteiger partial charge in [-0.3, -0.25) is 14.3 Å². The first-order valence-corrected chi connectivity index (χ1v) is 12.8. The number of hydrogen-bond acceptors (Lipinski definition) is 6. The van der Waals surface area contributed by atoms with Crippen LogP contribution in [0.5, 0.6) is 5.75 Å². The van der Waals surface area contributed by atoms with Crippen LogP contribution in [0.2, 0.25) is 0 Å².